The summed E-state index contributed by atoms with van der Waals surface area (Å²) in [5.41, 5.74) is 0.929. The van der Waals surface area contributed by atoms with Gasteiger partial charge in [-0.3, -0.25) is 9.59 Å². The van der Waals surface area contributed by atoms with E-state index >= 15 is 0 Å². The van der Waals surface area contributed by atoms with Crippen molar-refractivity contribution in [2.75, 3.05) is 13.2 Å². The molecule has 1 N–H and O–H groups in total. The van der Waals surface area contributed by atoms with Crippen molar-refractivity contribution in [1.29, 1.82) is 0 Å². The number of carbonyl (C=O) groups excluding carboxylic acids is 2. The number of ether oxygens (including phenoxy) is 1. The Morgan fingerprint density at radius 2 is 2.00 bits per heavy atom. The standard InChI is InChI=1S/C13H15NO3/c1-2-17-13(16)10-14-12(15)9-8-11-6-4-3-5-7-11/h3-9H,2,10H2,1H3,(H,14,15). The molecule has 0 unspecified atom stereocenters. The topological polar surface area (TPSA) is 55.4 Å². The Morgan fingerprint density at radius 1 is 1.29 bits per heavy atom. The molecule has 1 amide bonds. The number of carbonyl (C=O) groups is 2. The Labute approximate surface area is 100 Å². The van der Waals surface area contributed by atoms with Crippen molar-refractivity contribution >= 4 is 18.0 Å². The summed E-state index contributed by atoms with van der Waals surface area (Å²) in [5.74, 6) is -0.754. The van der Waals surface area contributed by atoms with Gasteiger partial charge in [-0.2, -0.15) is 0 Å². The zero-order chi connectivity index (χ0) is 12.5. The van der Waals surface area contributed by atoms with Crippen LogP contribution < -0.4 is 5.32 Å². The third-order valence-corrected chi connectivity index (χ3v) is 1.94. The largest absolute Gasteiger partial charge is 0.465 e. The molecule has 0 aliphatic carbocycles. The Hall–Kier alpha value is -2.10. The van der Waals surface area contributed by atoms with Crippen LogP contribution in [0.1, 0.15) is 12.5 Å². The third kappa shape index (κ3) is 5.51. The molecule has 0 spiro atoms. The summed E-state index contributed by atoms with van der Waals surface area (Å²) in [5, 5.41) is 2.44. The van der Waals surface area contributed by atoms with Crippen LogP contribution in [0.15, 0.2) is 36.4 Å². The Kier molecular flexibility index (Phi) is 5.51. The zero-order valence-electron chi connectivity index (χ0n) is 9.68. The van der Waals surface area contributed by atoms with E-state index in [1.54, 1.807) is 13.0 Å². The minimum atomic E-state index is -0.436. The van der Waals surface area contributed by atoms with Crippen LogP contribution in [0.25, 0.3) is 6.08 Å². The predicted octanol–water partition coefficient (Wildman–Crippen LogP) is 1.38. The Bertz CT molecular complexity index is 398. The van der Waals surface area contributed by atoms with Crippen LogP contribution in [0, 0.1) is 0 Å². The van der Waals surface area contributed by atoms with Gasteiger partial charge < -0.3 is 10.1 Å². The van der Waals surface area contributed by atoms with Crippen LogP contribution in [0.4, 0.5) is 0 Å². The van der Waals surface area contributed by atoms with E-state index in [-0.39, 0.29) is 12.5 Å². The summed E-state index contributed by atoms with van der Waals surface area (Å²) in [6.07, 6.45) is 3.06. The van der Waals surface area contributed by atoms with Crippen LogP contribution in [-0.4, -0.2) is 25.0 Å². The molecule has 0 aliphatic heterocycles. The van der Waals surface area contributed by atoms with Gasteiger partial charge in [0.05, 0.1) is 6.61 Å². The lowest BCUT2D eigenvalue weighted by atomic mass is 10.2. The number of esters is 1. The van der Waals surface area contributed by atoms with E-state index in [4.69, 9.17) is 0 Å². The fourth-order valence-electron chi connectivity index (χ4n) is 1.17. The second kappa shape index (κ2) is 7.22. The lowest BCUT2D eigenvalue weighted by Gasteiger charge is -2.01. The van der Waals surface area contributed by atoms with Crippen molar-refractivity contribution in [1.82, 2.24) is 5.32 Å². The molecule has 0 fully saturated rings. The fraction of sp³-hybridized carbons (Fsp3) is 0.231. The van der Waals surface area contributed by atoms with Crippen LogP contribution in [0.5, 0.6) is 0 Å². The van der Waals surface area contributed by atoms with Crippen molar-refractivity contribution in [3.63, 3.8) is 0 Å². The number of hydrogen-bond donors (Lipinski definition) is 1. The molecule has 0 bridgehead atoms. The molecule has 1 rings (SSSR count). The summed E-state index contributed by atoms with van der Waals surface area (Å²) < 4.78 is 4.68. The normalized spacial score (nSPS) is 10.2. The number of rotatable bonds is 5. The molecule has 0 saturated carbocycles. The molecule has 0 saturated heterocycles. The van der Waals surface area contributed by atoms with Crippen LogP contribution in [-0.2, 0) is 14.3 Å². The Balaban J connectivity index is 2.35. The van der Waals surface area contributed by atoms with E-state index in [2.05, 4.69) is 10.1 Å². The van der Waals surface area contributed by atoms with Crippen molar-refractivity contribution < 1.29 is 14.3 Å². The van der Waals surface area contributed by atoms with Gasteiger partial charge in [-0.15, -0.1) is 0 Å². The summed E-state index contributed by atoms with van der Waals surface area (Å²) in [4.78, 5) is 22.3. The highest BCUT2D eigenvalue weighted by Crippen LogP contribution is 2.00. The Morgan fingerprint density at radius 3 is 2.65 bits per heavy atom. The number of nitrogens with one attached hydrogen (secondary N) is 1. The fourth-order valence-corrected chi connectivity index (χ4v) is 1.17. The molecule has 4 heteroatoms. The molecule has 90 valence electrons. The molecule has 0 heterocycles. The molecule has 17 heavy (non-hydrogen) atoms. The first kappa shape index (κ1) is 13.0. The van der Waals surface area contributed by atoms with Gasteiger partial charge in [0.15, 0.2) is 0 Å². The van der Waals surface area contributed by atoms with E-state index in [1.807, 2.05) is 30.3 Å². The molecule has 0 atom stereocenters. The maximum absolute atomic E-state index is 11.3. The first-order chi connectivity index (χ1) is 8.22. The van der Waals surface area contributed by atoms with Gasteiger partial charge in [0, 0.05) is 6.08 Å². The third-order valence-electron chi connectivity index (χ3n) is 1.94. The molecule has 0 radical (unpaired) electrons. The van der Waals surface area contributed by atoms with Gasteiger partial charge in [0.25, 0.3) is 0 Å². The summed E-state index contributed by atoms with van der Waals surface area (Å²) in [6.45, 7) is 1.93. The highest BCUT2D eigenvalue weighted by atomic mass is 16.5. The second-order valence-corrected chi connectivity index (χ2v) is 3.27. The lowest BCUT2D eigenvalue weighted by molar-refractivity contribution is -0.143. The molecular weight excluding hydrogens is 218 g/mol. The van der Waals surface area contributed by atoms with E-state index in [0.717, 1.165) is 5.56 Å². The number of hydrogen-bond acceptors (Lipinski definition) is 3. The smallest absolute Gasteiger partial charge is 0.325 e. The van der Waals surface area contributed by atoms with Crippen molar-refractivity contribution in [3.8, 4) is 0 Å². The van der Waals surface area contributed by atoms with E-state index < -0.39 is 5.97 Å². The SMILES string of the molecule is CCOC(=O)CNC(=O)C=Cc1ccccc1. The number of amides is 1. The van der Waals surface area contributed by atoms with Gasteiger partial charge in [-0.25, -0.2) is 0 Å². The zero-order valence-corrected chi connectivity index (χ0v) is 9.68. The van der Waals surface area contributed by atoms with Gasteiger partial charge in [-0.05, 0) is 18.6 Å². The van der Waals surface area contributed by atoms with Gasteiger partial charge >= 0.3 is 5.97 Å². The highest BCUT2D eigenvalue weighted by molar-refractivity contribution is 5.93. The minimum Gasteiger partial charge on any atom is -0.465 e. The van der Waals surface area contributed by atoms with Crippen molar-refractivity contribution in [3.05, 3.63) is 42.0 Å². The summed E-state index contributed by atoms with van der Waals surface area (Å²) in [7, 11) is 0. The van der Waals surface area contributed by atoms with Crippen molar-refractivity contribution in [2.24, 2.45) is 0 Å². The summed E-state index contributed by atoms with van der Waals surface area (Å²) >= 11 is 0. The molecule has 0 aliphatic rings. The average molecular weight is 233 g/mol. The average Bonchev–Trinajstić information content (AvgIpc) is 2.35. The quantitative estimate of drug-likeness (QED) is 0.617. The minimum absolute atomic E-state index is 0.105. The van der Waals surface area contributed by atoms with Crippen LogP contribution in [0.3, 0.4) is 0 Å². The van der Waals surface area contributed by atoms with Gasteiger partial charge in [-0.1, -0.05) is 30.3 Å². The van der Waals surface area contributed by atoms with E-state index in [0.29, 0.717) is 6.61 Å². The van der Waals surface area contributed by atoms with Gasteiger partial charge in [0.2, 0.25) is 5.91 Å². The maximum Gasteiger partial charge on any atom is 0.325 e. The van der Waals surface area contributed by atoms with Crippen molar-refractivity contribution in [2.45, 2.75) is 6.92 Å². The number of benzene rings is 1. The molecular formula is C13H15NO3. The van der Waals surface area contributed by atoms with E-state index in [1.165, 1.54) is 6.08 Å². The van der Waals surface area contributed by atoms with Crippen LogP contribution in [0.2, 0.25) is 0 Å². The molecule has 4 nitrogen and oxygen atoms in total. The second-order valence-electron chi connectivity index (χ2n) is 3.27. The maximum atomic E-state index is 11.3. The lowest BCUT2D eigenvalue weighted by Crippen LogP contribution is -2.29. The monoisotopic (exact) mass is 233 g/mol. The van der Waals surface area contributed by atoms with Crippen LogP contribution >= 0.6 is 0 Å². The summed E-state index contributed by atoms with van der Waals surface area (Å²) in [6, 6.07) is 9.44. The molecule has 1 aromatic rings. The highest BCUT2D eigenvalue weighted by Gasteiger charge is 2.02. The van der Waals surface area contributed by atoms with Gasteiger partial charge in [0.1, 0.15) is 6.54 Å². The first-order valence-electron chi connectivity index (χ1n) is 5.39. The predicted molar refractivity (Wildman–Crippen MR) is 65.1 cm³/mol. The molecule has 0 aromatic heterocycles. The molecule has 1 aromatic carbocycles. The van der Waals surface area contributed by atoms with E-state index in [9.17, 15) is 9.59 Å². The first-order valence-corrected chi connectivity index (χ1v) is 5.39.